The van der Waals surface area contributed by atoms with E-state index in [-0.39, 0.29) is 5.91 Å². The van der Waals surface area contributed by atoms with Gasteiger partial charge < -0.3 is 9.47 Å². The predicted octanol–water partition coefficient (Wildman–Crippen LogP) is 4.41. The van der Waals surface area contributed by atoms with Crippen molar-refractivity contribution >= 4 is 28.3 Å². The van der Waals surface area contributed by atoms with Gasteiger partial charge in [0.1, 0.15) is 6.54 Å². The Hall–Kier alpha value is -2.14. The highest BCUT2D eigenvalue weighted by atomic mass is 32.1. The van der Waals surface area contributed by atoms with Crippen LogP contribution in [0.25, 0.3) is 21.7 Å². The van der Waals surface area contributed by atoms with Crippen molar-refractivity contribution in [2.24, 2.45) is 0 Å². The molecule has 4 nitrogen and oxygen atoms in total. The van der Waals surface area contributed by atoms with Crippen LogP contribution in [0.2, 0.25) is 0 Å². The molecule has 0 aliphatic heterocycles. The van der Waals surface area contributed by atoms with Gasteiger partial charge in [-0.2, -0.15) is 0 Å². The molecule has 0 aliphatic rings. The van der Waals surface area contributed by atoms with E-state index in [9.17, 15) is 4.79 Å². The van der Waals surface area contributed by atoms with Crippen molar-refractivity contribution in [3.63, 3.8) is 0 Å². The van der Waals surface area contributed by atoms with Gasteiger partial charge in [-0.3, -0.25) is 4.79 Å². The Morgan fingerprint density at radius 1 is 1.12 bits per heavy atom. The highest BCUT2D eigenvalue weighted by Gasteiger charge is 2.18. The fourth-order valence-electron chi connectivity index (χ4n) is 2.97. The topological polar surface area (TPSA) is 38.1 Å². The van der Waals surface area contributed by atoms with Gasteiger partial charge in [-0.1, -0.05) is 32.0 Å². The number of para-hydroxylation sites is 2. The molecule has 0 fully saturated rings. The molecule has 126 valence electrons. The molecule has 0 N–H and O–H groups in total. The second-order valence-corrected chi connectivity index (χ2v) is 6.82. The number of nitrogens with zero attached hydrogens (tertiary/aromatic N) is 3. The van der Waals surface area contributed by atoms with Crippen molar-refractivity contribution in [3.8, 4) is 10.7 Å². The molecule has 0 atom stereocenters. The van der Waals surface area contributed by atoms with Crippen LogP contribution in [0.15, 0.2) is 41.8 Å². The molecule has 0 spiro atoms. The van der Waals surface area contributed by atoms with Gasteiger partial charge >= 0.3 is 0 Å². The Kier molecular flexibility index (Phi) is 5.30. The molecule has 0 aliphatic carbocycles. The van der Waals surface area contributed by atoms with Crippen LogP contribution in [0.3, 0.4) is 0 Å². The van der Waals surface area contributed by atoms with Crippen LogP contribution in [0, 0.1) is 0 Å². The Morgan fingerprint density at radius 2 is 1.88 bits per heavy atom. The summed E-state index contributed by atoms with van der Waals surface area (Å²) in [5, 5.41) is 2.04. The lowest BCUT2D eigenvalue weighted by atomic mass is 10.3. The van der Waals surface area contributed by atoms with E-state index in [2.05, 4.69) is 24.5 Å². The molecule has 0 unspecified atom stereocenters. The highest BCUT2D eigenvalue weighted by Crippen LogP contribution is 2.28. The zero-order valence-electron chi connectivity index (χ0n) is 14.2. The molecule has 0 radical (unpaired) electrons. The molecule has 2 heterocycles. The zero-order chi connectivity index (χ0) is 16.9. The summed E-state index contributed by atoms with van der Waals surface area (Å²) in [6.07, 6.45) is 1.96. The summed E-state index contributed by atoms with van der Waals surface area (Å²) in [7, 11) is 0. The van der Waals surface area contributed by atoms with Gasteiger partial charge in [0.05, 0.1) is 15.9 Å². The number of amides is 1. The Balaban J connectivity index is 1.98. The summed E-state index contributed by atoms with van der Waals surface area (Å²) >= 11 is 1.65. The van der Waals surface area contributed by atoms with Crippen molar-refractivity contribution in [2.75, 3.05) is 13.1 Å². The third kappa shape index (κ3) is 3.36. The number of fused-ring (bicyclic) bond motifs is 1. The number of carbonyl (C=O) groups is 1. The van der Waals surface area contributed by atoms with Gasteiger partial charge in [-0.15, -0.1) is 11.3 Å². The van der Waals surface area contributed by atoms with E-state index in [1.165, 1.54) is 0 Å². The third-order valence-electron chi connectivity index (χ3n) is 4.03. The molecule has 3 rings (SSSR count). The van der Waals surface area contributed by atoms with E-state index in [0.29, 0.717) is 6.54 Å². The molecular weight excluding hydrogens is 318 g/mol. The number of benzene rings is 1. The van der Waals surface area contributed by atoms with Crippen LogP contribution in [0.4, 0.5) is 0 Å². The minimum Gasteiger partial charge on any atom is -0.341 e. The fourth-order valence-corrected chi connectivity index (χ4v) is 3.69. The maximum atomic E-state index is 12.8. The van der Waals surface area contributed by atoms with Gasteiger partial charge in [-0.05, 0) is 36.4 Å². The van der Waals surface area contributed by atoms with Crippen LogP contribution in [-0.4, -0.2) is 33.4 Å². The van der Waals surface area contributed by atoms with Crippen LogP contribution >= 0.6 is 11.3 Å². The summed E-state index contributed by atoms with van der Waals surface area (Å²) in [5.41, 5.74) is 1.95. The van der Waals surface area contributed by atoms with Crippen LogP contribution in [0.1, 0.15) is 26.7 Å². The van der Waals surface area contributed by atoms with E-state index in [0.717, 1.165) is 47.7 Å². The van der Waals surface area contributed by atoms with Crippen LogP contribution < -0.4 is 0 Å². The molecule has 1 aromatic carbocycles. The first kappa shape index (κ1) is 16.7. The highest BCUT2D eigenvalue weighted by molar-refractivity contribution is 7.13. The summed E-state index contributed by atoms with van der Waals surface area (Å²) in [6.45, 7) is 6.19. The first-order chi connectivity index (χ1) is 11.7. The van der Waals surface area contributed by atoms with Gasteiger partial charge in [0.2, 0.25) is 5.91 Å². The van der Waals surface area contributed by atoms with Gasteiger partial charge in [0.15, 0.2) is 5.82 Å². The maximum absolute atomic E-state index is 12.8. The smallest absolute Gasteiger partial charge is 0.242 e. The SMILES string of the molecule is CCCN(CCC)C(=O)Cn1c(-c2cccs2)nc2ccccc21. The minimum absolute atomic E-state index is 0.166. The predicted molar refractivity (Wildman–Crippen MR) is 100 cm³/mol. The normalized spacial score (nSPS) is 11.1. The Labute approximate surface area is 146 Å². The molecule has 2 aromatic heterocycles. The number of hydrogen-bond donors (Lipinski definition) is 0. The van der Waals surface area contributed by atoms with Crippen molar-refractivity contribution in [3.05, 3.63) is 41.8 Å². The van der Waals surface area contributed by atoms with Gasteiger partial charge in [0, 0.05) is 13.1 Å². The van der Waals surface area contributed by atoms with E-state index >= 15 is 0 Å². The lowest BCUT2D eigenvalue weighted by Gasteiger charge is -2.22. The number of carbonyl (C=O) groups excluding carboxylic acids is 1. The number of imidazole rings is 1. The van der Waals surface area contributed by atoms with E-state index in [1.807, 2.05) is 40.6 Å². The van der Waals surface area contributed by atoms with Crippen molar-refractivity contribution in [2.45, 2.75) is 33.2 Å². The van der Waals surface area contributed by atoms with Gasteiger partial charge in [-0.25, -0.2) is 4.98 Å². The monoisotopic (exact) mass is 341 g/mol. The number of hydrogen-bond acceptors (Lipinski definition) is 3. The molecule has 3 aromatic rings. The summed E-state index contributed by atoms with van der Waals surface area (Å²) in [4.78, 5) is 20.7. The first-order valence-electron chi connectivity index (χ1n) is 8.51. The third-order valence-corrected chi connectivity index (χ3v) is 4.90. The summed E-state index contributed by atoms with van der Waals surface area (Å²) in [6, 6.07) is 12.1. The lowest BCUT2D eigenvalue weighted by molar-refractivity contribution is -0.131. The second-order valence-electron chi connectivity index (χ2n) is 5.87. The number of rotatable bonds is 7. The average Bonchev–Trinajstić information content (AvgIpc) is 3.23. The standard InChI is InChI=1S/C19H23N3OS/c1-3-11-21(12-4-2)18(23)14-22-16-9-6-5-8-15(16)20-19(22)17-10-7-13-24-17/h5-10,13H,3-4,11-12,14H2,1-2H3. The summed E-state index contributed by atoms with van der Waals surface area (Å²) in [5.74, 6) is 1.05. The van der Waals surface area contributed by atoms with E-state index in [1.54, 1.807) is 11.3 Å². The van der Waals surface area contributed by atoms with Gasteiger partial charge in [0.25, 0.3) is 0 Å². The van der Waals surface area contributed by atoms with Crippen molar-refractivity contribution in [1.82, 2.24) is 14.5 Å². The Bertz CT molecular complexity index is 801. The van der Waals surface area contributed by atoms with Crippen LogP contribution in [-0.2, 0) is 11.3 Å². The number of aromatic nitrogens is 2. The molecular formula is C19H23N3OS. The zero-order valence-corrected chi connectivity index (χ0v) is 15.1. The molecule has 24 heavy (non-hydrogen) atoms. The molecule has 5 heteroatoms. The van der Waals surface area contributed by atoms with Crippen LogP contribution in [0.5, 0.6) is 0 Å². The molecule has 0 saturated heterocycles. The first-order valence-corrected chi connectivity index (χ1v) is 9.39. The van der Waals surface area contributed by atoms with Crippen molar-refractivity contribution in [1.29, 1.82) is 0 Å². The lowest BCUT2D eigenvalue weighted by Crippen LogP contribution is -2.35. The summed E-state index contributed by atoms with van der Waals surface area (Å²) < 4.78 is 2.06. The van der Waals surface area contributed by atoms with Crippen molar-refractivity contribution < 1.29 is 4.79 Å². The minimum atomic E-state index is 0.166. The number of thiophene rings is 1. The molecule has 0 saturated carbocycles. The second kappa shape index (κ2) is 7.62. The van der Waals surface area contributed by atoms with E-state index in [4.69, 9.17) is 4.98 Å². The Morgan fingerprint density at radius 3 is 2.54 bits per heavy atom. The molecule has 1 amide bonds. The maximum Gasteiger partial charge on any atom is 0.242 e. The largest absolute Gasteiger partial charge is 0.341 e. The quantitative estimate of drug-likeness (QED) is 0.638. The fraction of sp³-hybridized carbons (Fsp3) is 0.368. The average molecular weight is 341 g/mol. The van der Waals surface area contributed by atoms with E-state index < -0.39 is 0 Å². The molecule has 0 bridgehead atoms.